The SMILES string of the molecule is CC(C)N1CCC1C(=O)C(C)(C)C. The van der Waals surface area contributed by atoms with E-state index < -0.39 is 0 Å². The van der Waals surface area contributed by atoms with Gasteiger partial charge in [-0.3, -0.25) is 9.69 Å². The maximum atomic E-state index is 11.9. The molecule has 1 heterocycles. The van der Waals surface area contributed by atoms with Gasteiger partial charge in [-0.2, -0.15) is 0 Å². The van der Waals surface area contributed by atoms with Crippen LogP contribution in [0.25, 0.3) is 0 Å². The van der Waals surface area contributed by atoms with Crippen molar-refractivity contribution < 1.29 is 4.79 Å². The van der Waals surface area contributed by atoms with Crippen LogP contribution in [0.1, 0.15) is 41.0 Å². The van der Waals surface area contributed by atoms with E-state index in [0.29, 0.717) is 11.8 Å². The number of hydrogen-bond acceptors (Lipinski definition) is 2. The van der Waals surface area contributed by atoms with Crippen molar-refractivity contribution in [1.82, 2.24) is 4.90 Å². The number of Topliss-reactive ketones (excluding diaryl/α,β-unsaturated/α-hetero) is 1. The summed E-state index contributed by atoms with van der Waals surface area (Å²) in [4.78, 5) is 14.2. The Morgan fingerprint density at radius 2 is 1.92 bits per heavy atom. The van der Waals surface area contributed by atoms with Crippen LogP contribution in [-0.2, 0) is 4.79 Å². The molecule has 1 aliphatic heterocycles. The normalized spacial score (nSPS) is 24.6. The van der Waals surface area contributed by atoms with Crippen LogP contribution in [0.3, 0.4) is 0 Å². The molecule has 0 aromatic heterocycles. The topological polar surface area (TPSA) is 20.3 Å². The maximum absolute atomic E-state index is 11.9. The van der Waals surface area contributed by atoms with Crippen LogP contribution >= 0.6 is 0 Å². The third kappa shape index (κ3) is 2.11. The van der Waals surface area contributed by atoms with E-state index in [0.717, 1.165) is 13.0 Å². The molecule has 2 heteroatoms. The van der Waals surface area contributed by atoms with Gasteiger partial charge in [0, 0.05) is 18.0 Å². The van der Waals surface area contributed by atoms with E-state index in [4.69, 9.17) is 0 Å². The molecule has 0 amide bonds. The van der Waals surface area contributed by atoms with Gasteiger partial charge >= 0.3 is 0 Å². The van der Waals surface area contributed by atoms with E-state index >= 15 is 0 Å². The molecule has 0 N–H and O–H groups in total. The lowest BCUT2D eigenvalue weighted by Crippen LogP contribution is -2.57. The largest absolute Gasteiger partial charge is 0.297 e. The minimum absolute atomic E-state index is 0.182. The van der Waals surface area contributed by atoms with Gasteiger partial charge < -0.3 is 0 Å². The average Bonchev–Trinajstić information content (AvgIpc) is 1.80. The van der Waals surface area contributed by atoms with Crippen molar-refractivity contribution in [3.63, 3.8) is 0 Å². The van der Waals surface area contributed by atoms with E-state index in [1.165, 1.54) is 0 Å². The van der Waals surface area contributed by atoms with Gasteiger partial charge in [-0.15, -0.1) is 0 Å². The highest BCUT2D eigenvalue weighted by Crippen LogP contribution is 2.28. The first kappa shape index (κ1) is 10.7. The molecule has 1 rings (SSSR count). The molecular weight excluding hydrogens is 162 g/mol. The van der Waals surface area contributed by atoms with Crippen molar-refractivity contribution >= 4 is 5.78 Å². The Hall–Kier alpha value is -0.370. The second kappa shape index (κ2) is 3.41. The molecule has 0 aromatic rings. The lowest BCUT2D eigenvalue weighted by atomic mass is 9.81. The van der Waals surface area contributed by atoms with Crippen molar-refractivity contribution in [3.8, 4) is 0 Å². The van der Waals surface area contributed by atoms with Crippen molar-refractivity contribution in [2.24, 2.45) is 5.41 Å². The van der Waals surface area contributed by atoms with Gasteiger partial charge in [0.1, 0.15) is 0 Å². The molecule has 1 aliphatic rings. The van der Waals surface area contributed by atoms with Gasteiger partial charge in [0.2, 0.25) is 0 Å². The van der Waals surface area contributed by atoms with Crippen molar-refractivity contribution in [1.29, 1.82) is 0 Å². The highest BCUT2D eigenvalue weighted by molar-refractivity contribution is 5.89. The molecule has 0 saturated carbocycles. The second-order valence-electron chi connectivity index (χ2n) is 5.25. The van der Waals surface area contributed by atoms with Crippen LogP contribution in [-0.4, -0.2) is 29.3 Å². The third-order valence-corrected chi connectivity index (χ3v) is 2.77. The summed E-state index contributed by atoms with van der Waals surface area (Å²) in [6, 6.07) is 0.699. The summed E-state index contributed by atoms with van der Waals surface area (Å²) in [5.41, 5.74) is -0.182. The number of carbonyl (C=O) groups is 1. The highest BCUT2D eigenvalue weighted by atomic mass is 16.1. The minimum Gasteiger partial charge on any atom is -0.297 e. The van der Waals surface area contributed by atoms with Crippen LogP contribution in [0.15, 0.2) is 0 Å². The molecule has 1 unspecified atom stereocenters. The average molecular weight is 183 g/mol. The van der Waals surface area contributed by atoms with Gasteiger partial charge in [0.05, 0.1) is 6.04 Å². The number of rotatable bonds is 2. The van der Waals surface area contributed by atoms with Gasteiger partial charge in [-0.1, -0.05) is 20.8 Å². The summed E-state index contributed by atoms with van der Waals surface area (Å²) >= 11 is 0. The maximum Gasteiger partial charge on any atom is 0.155 e. The molecule has 0 aliphatic carbocycles. The lowest BCUT2D eigenvalue weighted by molar-refractivity contribution is -0.137. The van der Waals surface area contributed by atoms with E-state index in [1.807, 2.05) is 20.8 Å². The predicted molar refractivity (Wildman–Crippen MR) is 54.7 cm³/mol. The van der Waals surface area contributed by atoms with E-state index in [-0.39, 0.29) is 11.5 Å². The monoisotopic (exact) mass is 183 g/mol. The van der Waals surface area contributed by atoms with Crippen LogP contribution < -0.4 is 0 Å². The number of likely N-dealkylation sites (tertiary alicyclic amines) is 1. The van der Waals surface area contributed by atoms with Crippen LogP contribution in [0.4, 0.5) is 0 Å². The Balaban J connectivity index is 2.60. The first-order valence-corrected chi connectivity index (χ1v) is 5.14. The number of nitrogens with zero attached hydrogens (tertiary/aromatic N) is 1. The standard InChI is InChI=1S/C11H21NO/c1-8(2)12-7-6-9(12)10(13)11(3,4)5/h8-9H,6-7H2,1-5H3. The molecule has 1 saturated heterocycles. The lowest BCUT2D eigenvalue weighted by Gasteiger charge is -2.45. The zero-order valence-electron chi connectivity index (χ0n) is 9.42. The first-order valence-electron chi connectivity index (χ1n) is 5.14. The fourth-order valence-electron chi connectivity index (χ4n) is 1.81. The Morgan fingerprint density at radius 3 is 2.15 bits per heavy atom. The van der Waals surface area contributed by atoms with Crippen LogP contribution in [0.2, 0.25) is 0 Å². The fourth-order valence-corrected chi connectivity index (χ4v) is 1.81. The van der Waals surface area contributed by atoms with Gasteiger partial charge in [-0.25, -0.2) is 0 Å². The minimum atomic E-state index is -0.182. The molecule has 0 spiro atoms. The van der Waals surface area contributed by atoms with E-state index in [1.54, 1.807) is 0 Å². The molecule has 0 radical (unpaired) electrons. The Bertz CT molecular complexity index is 203. The van der Waals surface area contributed by atoms with Gasteiger partial charge in [0.25, 0.3) is 0 Å². The third-order valence-electron chi connectivity index (χ3n) is 2.77. The number of carbonyl (C=O) groups excluding carboxylic acids is 1. The van der Waals surface area contributed by atoms with Crippen molar-refractivity contribution in [2.75, 3.05) is 6.54 Å². The fraction of sp³-hybridized carbons (Fsp3) is 0.909. The molecule has 1 fully saturated rings. The highest BCUT2D eigenvalue weighted by Gasteiger charge is 2.39. The first-order chi connectivity index (χ1) is 5.84. The summed E-state index contributed by atoms with van der Waals surface area (Å²) in [6.45, 7) is 11.4. The van der Waals surface area contributed by atoms with Crippen molar-refractivity contribution in [2.45, 2.75) is 53.1 Å². The van der Waals surface area contributed by atoms with Crippen molar-refractivity contribution in [3.05, 3.63) is 0 Å². The van der Waals surface area contributed by atoms with E-state index in [9.17, 15) is 4.79 Å². The zero-order valence-corrected chi connectivity index (χ0v) is 9.42. The summed E-state index contributed by atoms with van der Waals surface area (Å²) in [6.07, 6.45) is 1.05. The molecule has 13 heavy (non-hydrogen) atoms. The molecular formula is C11H21NO. The molecule has 76 valence electrons. The zero-order chi connectivity index (χ0) is 10.2. The summed E-state index contributed by atoms with van der Waals surface area (Å²) in [5.74, 6) is 0.396. The van der Waals surface area contributed by atoms with Crippen LogP contribution in [0.5, 0.6) is 0 Å². The second-order valence-corrected chi connectivity index (χ2v) is 5.25. The Morgan fingerprint density at radius 1 is 1.38 bits per heavy atom. The smallest absolute Gasteiger partial charge is 0.155 e. The molecule has 2 nitrogen and oxygen atoms in total. The number of hydrogen-bond donors (Lipinski definition) is 0. The summed E-state index contributed by atoms with van der Waals surface area (Å²) < 4.78 is 0. The number of ketones is 1. The molecule has 0 bridgehead atoms. The summed E-state index contributed by atoms with van der Waals surface area (Å²) in [7, 11) is 0. The van der Waals surface area contributed by atoms with Gasteiger partial charge in [0.15, 0.2) is 5.78 Å². The Kier molecular flexibility index (Phi) is 2.81. The predicted octanol–water partition coefficient (Wildman–Crippen LogP) is 2.08. The summed E-state index contributed by atoms with van der Waals surface area (Å²) in [5, 5.41) is 0. The quantitative estimate of drug-likeness (QED) is 0.653. The van der Waals surface area contributed by atoms with E-state index in [2.05, 4.69) is 18.7 Å². The molecule has 0 aromatic carbocycles. The molecule has 1 atom stereocenters. The van der Waals surface area contributed by atoms with Gasteiger partial charge in [-0.05, 0) is 20.3 Å². The van der Waals surface area contributed by atoms with Crippen LogP contribution in [0, 0.1) is 5.41 Å². The Labute approximate surface area is 81.3 Å².